The summed E-state index contributed by atoms with van der Waals surface area (Å²) in [4.78, 5) is 10.8. The van der Waals surface area contributed by atoms with Gasteiger partial charge in [0.15, 0.2) is 0 Å². The highest BCUT2D eigenvalue weighted by atomic mass is 15.2. The fourth-order valence-electron chi connectivity index (χ4n) is 2.49. The van der Waals surface area contributed by atoms with Crippen molar-refractivity contribution in [2.75, 3.05) is 18.0 Å². The Hall–Kier alpha value is -1.68. The third-order valence-corrected chi connectivity index (χ3v) is 3.32. The lowest BCUT2D eigenvalue weighted by Gasteiger charge is -2.33. The molecule has 4 heteroatoms. The zero-order valence-electron chi connectivity index (χ0n) is 9.71. The van der Waals surface area contributed by atoms with Gasteiger partial charge in [-0.1, -0.05) is 0 Å². The minimum absolute atomic E-state index is 0.286. The molecule has 1 saturated heterocycles. The molecule has 2 N–H and O–H groups in total. The summed E-state index contributed by atoms with van der Waals surface area (Å²) in [6.07, 6.45) is 7.76. The van der Waals surface area contributed by atoms with E-state index in [0.29, 0.717) is 0 Å². The summed E-state index contributed by atoms with van der Waals surface area (Å²) in [7, 11) is 0. The molecule has 1 aliphatic heterocycles. The second-order valence-corrected chi connectivity index (χ2v) is 4.57. The monoisotopic (exact) mass is 228 g/mol. The molecule has 1 fully saturated rings. The molecule has 88 valence electrons. The van der Waals surface area contributed by atoms with Crippen molar-refractivity contribution >= 4 is 16.6 Å². The van der Waals surface area contributed by atoms with E-state index in [4.69, 9.17) is 5.73 Å². The van der Waals surface area contributed by atoms with Gasteiger partial charge in [-0.2, -0.15) is 0 Å². The smallest absolute Gasteiger partial charge is 0.0905 e. The molecule has 3 heterocycles. The van der Waals surface area contributed by atoms with Crippen molar-refractivity contribution < 1.29 is 0 Å². The summed E-state index contributed by atoms with van der Waals surface area (Å²) in [6, 6.07) is 4.38. The Balaban J connectivity index is 2.04. The van der Waals surface area contributed by atoms with Crippen LogP contribution in [0.2, 0.25) is 0 Å². The summed E-state index contributed by atoms with van der Waals surface area (Å²) in [6.45, 7) is 2.01. The average molecular weight is 228 g/mol. The Bertz CT molecular complexity index is 520. The normalized spacial score (nSPS) is 20.8. The lowest BCUT2D eigenvalue weighted by Crippen LogP contribution is -2.42. The number of hydrogen-bond donors (Lipinski definition) is 1. The lowest BCUT2D eigenvalue weighted by molar-refractivity contribution is 0.507. The van der Waals surface area contributed by atoms with Gasteiger partial charge in [-0.3, -0.25) is 9.97 Å². The Morgan fingerprint density at radius 1 is 1.29 bits per heavy atom. The van der Waals surface area contributed by atoms with Gasteiger partial charge >= 0.3 is 0 Å². The Labute approximate surface area is 100 Å². The summed E-state index contributed by atoms with van der Waals surface area (Å²) < 4.78 is 0. The van der Waals surface area contributed by atoms with Crippen LogP contribution in [0.25, 0.3) is 10.9 Å². The van der Waals surface area contributed by atoms with Gasteiger partial charge in [-0.25, -0.2) is 0 Å². The van der Waals surface area contributed by atoms with E-state index in [0.717, 1.165) is 36.8 Å². The van der Waals surface area contributed by atoms with Crippen LogP contribution < -0.4 is 10.6 Å². The van der Waals surface area contributed by atoms with E-state index >= 15 is 0 Å². The van der Waals surface area contributed by atoms with Crippen molar-refractivity contribution in [3.8, 4) is 0 Å². The number of nitrogens with zero attached hydrogens (tertiary/aromatic N) is 3. The van der Waals surface area contributed by atoms with E-state index in [-0.39, 0.29) is 6.04 Å². The van der Waals surface area contributed by atoms with Gasteiger partial charge < -0.3 is 10.6 Å². The Kier molecular flexibility index (Phi) is 2.65. The number of aromatic nitrogens is 2. The van der Waals surface area contributed by atoms with E-state index in [2.05, 4.69) is 20.9 Å². The molecule has 0 amide bonds. The topological polar surface area (TPSA) is 55.0 Å². The van der Waals surface area contributed by atoms with Crippen LogP contribution in [-0.4, -0.2) is 29.1 Å². The number of hydrogen-bond acceptors (Lipinski definition) is 4. The maximum atomic E-state index is 6.04. The van der Waals surface area contributed by atoms with Crippen LogP contribution in [0.1, 0.15) is 12.8 Å². The summed E-state index contributed by atoms with van der Waals surface area (Å²) in [5, 5.41) is 1.16. The number of anilines is 1. The average Bonchev–Trinajstić information content (AvgIpc) is 2.38. The number of piperidine rings is 1. The van der Waals surface area contributed by atoms with Gasteiger partial charge in [0.2, 0.25) is 0 Å². The third-order valence-electron chi connectivity index (χ3n) is 3.32. The minimum atomic E-state index is 0.286. The molecule has 0 aliphatic carbocycles. The van der Waals surface area contributed by atoms with Crippen molar-refractivity contribution in [1.82, 2.24) is 9.97 Å². The second-order valence-electron chi connectivity index (χ2n) is 4.57. The van der Waals surface area contributed by atoms with E-state index in [1.54, 1.807) is 0 Å². The molecular weight excluding hydrogens is 212 g/mol. The SMILES string of the molecule is NC1CCCN(c2ccnc3cnccc23)C1. The van der Waals surface area contributed by atoms with Crippen LogP contribution >= 0.6 is 0 Å². The quantitative estimate of drug-likeness (QED) is 0.804. The molecule has 0 bridgehead atoms. The number of nitrogens with two attached hydrogens (primary N) is 1. The van der Waals surface area contributed by atoms with Gasteiger partial charge in [0.25, 0.3) is 0 Å². The molecule has 4 nitrogen and oxygen atoms in total. The maximum absolute atomic E-state index is 6.04. The van der Waals surface area contributed by atoms with Gasteiger partial charge in [-0.05, 0) is 25.0 Å². The fraction of sp³-hybridized carbons (Fsp3) is 0.385. The maximum Gasteiger partial charge on any atom is 0.0905 e. The molecule has 2 aromatic heterocycles. The molecular formula is C13H16N4. The first kappa shape index (κ1) is 10.5. The second kappa shape index (κ2) is 4.30. The predicted octanol–water partition coefficient (Wildman–Crippen LogP) is 1.56. The Morgan fingerprint density at radius 3 is 3.12 bits per heavy atom. The van der Waals surface area contributed by atoms with E-state index < -0.39 is 0 Å². The van der Waals surface area contributed by atoms with Crippen LogP contribution in [-0.2, 0) is 0 Å². The van der Waals surface area contributed by atoms with Crippen molar-refractivity contribution in [1.29, 1.82) is 0 Å². The van der Waals surface area contributed by atoms with Crippen LogP contribution in [0, 0.1) is 0 Å². The summed E-state index contributed by atoms with van der Waals surface area (Å²) >= 11 is 0. The molecule has 1 unspecified atom stereocenters. The highest BCUT2D eigenvalue weighted by Gasteiger charge is 2.18. The van der Waals surface area contributed by atoms with Gasteiger partial charge in [-0.15, -0.1) is 0 Å². The molecule has 0 spiro atoms. The molecule has 2 aromatic rings. The minimum Gasteiger partial charge on any atom is -0.369 e. The van der Waals surface area contributed by atoms with E-state index in [1.807, 2.05) is 24.7 Å². The molecule has 17 heavy (non-hydrogen) atoms. The van der Waals surface area contributed by atoms with Crippen LogP contribution in [0.5, 0.6) is 0 Å². The molecule has 0 aromatic carbocycles. The molecule has 1 aliphatic rings. The van der Waals surface area contributed by atoms with Crippen molar-refractivity contribution in [2.45, 2.75) is 18.9 Å². The first-order valence-corrected chi connectivity index (χ1v) is 6.04. The molecule has 0 saturated carbocycles. The van der Waals surface area contributed by atoms with Crippen molar-refractivity contribution in [3.63, 3.8) is 0 Å². The van der Waals surface area contributed by atoms with Crippen LogP contribution in [0.3, 0.4) is 0 Å². The fourth-order valence-corrected chi connectivity index (χ4v) is 2.49. The summed E-state index contributed by atoms with van der Waals surface area (Å²) in [5.41, 5.74) is 8.21. The first-order chi connectivity index (χ1) is 8.34. The zero-order valence-corrected chi connectivity index (χ0v) is 9.71. The lowest BCUT2D eigenvalue weighted by atomic mass is 10.1. The number of rotatable bonds is 1. The van der Waals surface area contributed by atoms with E-state index in [1.165, 1.54) is 5.69 Å². The molecule has 3 rings (SSSR count). The number of fused-ring (bicyclic) bond motifs is 1. The zero-order chi connectivity index (χ0) is 11.7. The van der Waals surface area contributed by atoms with Crippen LogP contribution in [0.4, 0.5) is 5.69 Å². The van der Waals surface area contributed by atoms with Crippen LogP contribution in [0.15, 0.2) is 30.7 Å². The Morgan fingerprint density at radius 2 is 2.24 bits per heavy atom. The van der Waals surface area contributed by atoms with Gasteiger partial charge in [0, 0.05) is 42.6 Å². The van der Waals surface area contributed by atoms with E-state index in [9.17, 15) is 0 Å². The molecule has 1 atom stereocenters. The number of pyridine rings is 2. The van der Waals surface area contributed by atoms with Gasteiger partial charge in [0.1, 0.15) is 0 Å². The molecule has 0 radical (unpaired) electrons. The largest absolute Gasteiger partial charge is 0.369 e. The van der Waals surface area contributed by atoms with Crippen molar-refractivity contribution in [2.24, 2.45) is 5.73 Å². The summed E-state index contributed by atoms with van der Waals surface area (Å²) in [5.74, 6) is 0. The van der Waals surface area contributed by atoms with Crippen molar-refractivity contribution in [3.05, 3.63) is 30.7 Å². The highest BCUT2D eigenvalue weighted by Crippen LogP contribution is 2.26. The standard InChI is InChI=1S/C13H16N4/c14-10-2-1-7-17(9-10)13-4-6-16-12-8-15-5-3-11(12)13/h3-6,8,10H,1-2,7,9,14H2. The highest BCUT2D eigenvalue weighted by molar-refractivity contribution is 5.90. The predicted molar refractivity (Wildman–Crippen MR) is 69.0 cm³/mol. The first-order valence-electron chi connectivity index (χ1n) is 6.04. The third kappa shape index (κ3) is 1.96. The van der Waals surface area contributed by atoms with Gasteiger partial charge in [0.05, 0.1) is 11.7 Å².